The van der Waals surface area contributed by atoms with Crippen molar-refractivity contribution in [2.45, 2.75) is 19.4 Å². The molecule has 0 radical (unpaired) electrons. The van der Waals surface area contributed by atoms with Crippen molar-refractivity contribution in [3.8, 4) is 0 Å². The summed E-state index contributed by atoms with van der Waals surface area (Å²) in [7, 11) is 0. The molecule has 0 spiro atoms. The Labute approximate surface area is 175 Å². The number of carbonyl (C=O) groups is 1. The molecule has 0 aliphatic heterocycles. The molecule has 29 heavy (non-hydrogen) atoms. The molecule has 0 unspecified atom stereocenters. The molecule has 4 rings (SSSR count). The zero-order valence-electron chi connectivity index (χ0n) is 16.0. The molecule has 0 atom stereocenters. The Hall–Kier alpha value is -3.11. The number of nitrogens with zero attached hydrogens (tertiary/aromatic N) is 2. The molecule has 0 fully saturated rings. The smallest absolute Gasteiger partial charge is 0.251 e. The molecule has 0 aliphatic carbocycles. The van der Waals surface area contributed by atoms with E-state index in [1.165, 1.54) is 5.56 Å². The number of hydrogen-bond acceptors (Lipinski definition) is 2. The first-order chi connectivity index (χ1) is 14.2. The Morgan fingerprint density at radius 2 is 1.76 bits per heavy atom. The van der Waals surface area contributed by atoms with Crippen LogP contribution >= 0.6 is 11.6 Å². The zero-order chi connectivity index (χ0) is 20.1. The van der Waals surface area contributed by atoms with Gasteiger partial charge in [-0.15, -0.1) is 0 Å². The van der Waals surface area contributed by atoms with Gasteiger partial charge in [-0.25, -0.2) is 4.98 Å². The molecule has 1 aromatic heterocycles. The Morgan fingerprint density at radius 1 is 0.966 bits per heavy atom. The SMILES string of the molecule is O=C(NCCCc1nc2ccccc2n1Cc1ccccc1)c1cccc(Cl)c1. The Kier molecular flexibility index (Phi) is 5.92. The van der Waals surface area contributed by atoms with E-state index in [1.54, 1.807) is 24.3 Å². The van der Waals surface area contributed by atoms with Crippen LogP contribution in [-0.2, 0) is 13.0 Å². The highest BCUT2D eigenvalue weighted by Crippen LogP contribution is 2.19. The monoisotopic (exact) mass is 403 g/mol. The van der Waals surface area contributed by atoms with Crippen molar-refractivity contribution in [3.63, 3.8) is 0 Å². The second-order valence-electron chi connectivity index (χ2n) is 6.96. The average Bonchev–Trinajstić information content (AvgIpc) is 3.09. The number of rotatable bonds is 7. The topological polar surface area (TPSA) is 46.9 Å². The van der Waals surface area contributed by atoms with Gasteiger partial charge in [-0.3, -0.25) is 4.79 Å². The van der Waals surface area contributed by atoms with Crippen molar-refractivity contribution in [3.05, 3.63) is 101 Å². The number of amides is 1. The van der Waals surface area contributed by atoms with Crippen LogP contribution in [0.1, 0.15) is 28.2 Å². The highest BCUT2D eigenvalue weighted by atomic mass is 35.5. The number of aromatic nitrogens is 2. The molecule has 4 aromatic rings. The summed E-state index contributed by atoms with van der Waals surface area (Å²) in [6, 6.07) is 25.6. The van der Waals surface area contributed by atoms with Crippen LogP contribution in [0.3, 0.4) is 0 Å². The summed E-state index contributed by atoms with van der Waals surface area (Å²) in [4.78, 5) is 17.1. The van der Waals surface area contributed by atoms with E-state index in [0.29, 0.717) is 17.1 Å². The van der Waals surface area contributed by atoms with E-state index in [2.05, 4.69) is 40.2 Å². The normalized spacial score (nSPS) is 10.9. The summed E-state index contributed by atoms with van der Waals surface area (Å²) >= 11 is 5.96. The second kappa shape index (κ2) is 8.93. The fourth-order valence-electron chi connectivity index (χ4n) is 3.44. The lowest BCUT2D eigenvalue weighted by Crippen LogP contribution is -2.25. The van der Waals surface area contributed by atoms with E-state index in [4.69, 9.17) is 16.6 Å². The average molecular weight is 404 g/mol. The number of benzene rings is 3. The van der Waals surface area contributed by atoms with E-state index >= 15 is 0 Å². The molecule has 5 heteroatoms. The summed E-state index contributed by atoms with van der Waals surface area (Å²) in [6.07, 6.45) is 1.60. The molecule has 1 amide bonds. The van der Waals surface area contributed by atoms with Crippen LogP contribution in [-0.4, -0.2) is 22.0 Å². The van der Waals surface area contributed by atoms with E-state index in [0.717, 1.165) is 36.2 Å². The molecule has 0 saturated carbocycles. The number of nitrogens with one attached hydrogen (secondary N) is 1. The van der Waals surface area contributed by atoms with Gasteiger partial charge in [0.25, 0.3) is 5.91 Å². The number of halogens is 1. The number of fused-ring (bicyclic) bond motifs is 1. The molecular formula is C24H22ClN3O. The van der Waals surface area contributed by atoms with E-state index < -0.39 is 0 Å². The maximum Gasteiger partial charge on any atom is 0.251 e. The van der Waals surface area contributed by atoms with Crippen LogP contribution in [0.4, 0.5) is 0 Å². The van der Waals surface area contributed by atoms with Gasteiger partial charge in [-0.2, -0.15) is 0 Å². The van der Waals surface area contributed by atoms with Crippen LogP contribution in [0, 0.1) is 0 Å². The maximum absolute atomic E-state index is 12.3. The van der Waals surface area contributed by atoms with Gasteiger partial charge in [0.2, 0.25) is 0 Å². The van der Waals surface area contributed by atoms with Gasteiger partial charge in [0.15, 0.2) is 0 Å². The van der Waals surface area contributed by atoms with Crippen molar-refractivity contribution in [1.82, 2.24) is 14.9 Å². The number of para-hydroxylation sites is 2. The lowest BCUT2D eigenvalue weighted by Gasteiger charge is -2.10. The first-order valence-corrected chi connectivity index (χ1v) is 10.1. The minimum atomic E-state index is -0.106. The highest BCUT2D eigenvalue weighted by molar-refractivity contribution is 6.30. The summed E-state index contributed by atoms with van der Waals surface area (Å²) in [5, 5.41) is 3.53. The quantitative estimate of drug-likeness (QED) is 0.436. The van der Waals surface area contributed by atoms with Crippen molar-refractivity contribution < 1.29 is 4.79 Å². The molecule has 3 aromatic carbocycles. The van der Waals surface area contributed by atoms with Gasteiger partial charge in [0.1, 0.15) is 5.82 Å². The lowest BCUT2D eigenvalue weighted by atomic mass is 10.2. The van der Waals surface area contributed by atoms with Gasteiger partial charge in [-0.05, 0) is 42.3 Å². The molecule has 1 heterocycles. The summed E-state index contributed by atoms with van der Waals surface area (Å²) < 4.78 is 2.27. The first-order valence-electron chi connectivity index (χ1n) is 9.72. The standard InChI is InChI=1S/C24H22ClN3O/c25-20-11-6-10-19(16-20)24(29)26-15-7-14-23-27-21-12-4-5-13-22(21)28(23)17-18-8-2-1-3-9-18/h1-6,8-13,16H,7,14-15,17H2,(H,26,29). The predicted octanol–water partition coefficient (Wildman–Crippen LogP) is 5.10. The number of imidazole rings is 1. The Morgan fingerprint density at radius 3 is 2.59 bits per heavy atom. The van der Waals surface area contributed by atoms with Gasteiger partial charge in [-0.1, -0.05) is 60.1 Å². The third-order valence-corrected chi connectivity index (χ3v) is 5.10. The minimum absolute atomic E-state index is 0.106. The largest absolute Gasteiger partial charge is 0.352 e. The van der Waals surface area contributed by atoms with Crippen LogP contribution in [0.25, 0.3) is 11.0 Å². The summed E-state index contributed by atoms with van der Waals surface area (Å²) in [5.74, 6) is 0.928. The van der Waals surface area contributed by atoms with Crippen molar-refractivity contribution in [1.29, 1.82) is 0 Å². The molecular weight excluding hydrogens is 382 g/mol. The van der Waals surface area contributed by atoms with E-state index in [1.807, 2.05) is 24.3 Å². The first kappa shape index (κ1) is 19.2. The minimum Gasteiger partial charge on any atom is -0.352 e. The van der Waals surface area contributed by atoms with Crippen LogP contribution < -0.4 is 5.32 Å². The number of hydrogen-bond donors (Lipinski definition) is 1. The Balaban J connectivity index is 1.44. The third-order valence-electron chi connectivity index (χ3n) is 4.87. The Bertz CT molecular complexity index is 1120. The van der Waals surface area contributed by atoms with E-state index in [9.17, 15) is 4.79 Å². The lowest BCUT2D eigenvalue weighted by molar-refractivity contribution is 0.0953. The van der Waals surface area contributed by atoms with Gasteiger partial charge < -0.3 is 9.88 Å². The number of carbonyl (C=O) groups excluding carboxylic acids is 1. The summed E-state index contributed by atoms with van der Waals surface area (Å²) in [5.41, 5.74) is 3.95. The zero-order valence-corrected chi connectivity index (χ0v) is 16.8. The van der Waals surface area contributed by atoms with Gasteiger partial charge >= 0.3 is 0 Å². The van der Waals surface area contributed by atoms with Crippen molar-refractivity contribution in [2.24, 2.45) is 0 Å². The molecule has 4 nitrogen and oxygen atoms in total. The number of aryl methyl sites for hydroxylation is 1. The van der Waals surface area contributed by atoms with Gasteiger partial charge in [0, 0.05) is 30.1 Å². The molecule has 1 N–H and O–H groups in total. The van der Waals surface area contributed by atoms with Crippen LogP contribution in [0.15, 0.2) is 78.9 Å². The van der Waals surface area contributed by atoms with Gasteiger partial charge in [0.05, 0.1) is 11.0 Å². The summed E-state index contributed by atoms with van der Waals surface area (Å²) in [6.45, 7) is 1.37. The fourth-order valence-corrected chi connectivity index (χ4v) is 3.63. The van der Waals surface area contributed by atoms with Crippen molar-refractivity contribution in [2.75, 3.05) is 6.54 Å². The highest BCUT2D eigenvalue weighted by Gasteiger charge is 2.11. The predicted molar refractivity (Wildman–Crippen MR) is 117 cm³/mol. The van der Waals surface area contributed by atoms with E-state index in [-0.39, 0.29) is 5.91 Å². The molecule has 146 valence electrons. The third kappa shape index (κ3) is 4.66. The molecule has 0 saturated heterocycles. The van der Waals surface area contributed by atoms with Crippen molar-refractivity contribution >= 4 is 28.5 Å². The van der Waals surface area contributed by atoms with Crippen LogP contribution in [0.2, 0.25) is 5.02 Å². The second-order valence-corrected chi connectivity index (χ2v) is 7.39. The molecule has 0 aliphatic rings. The van der Waals surface area contributed by atoms with Crippen LogP contribution in [0.5, 0.6) is 0 Å². The molecule has 0 bridgehead atoms. The fraction of sp³-hybridized carbons (Fsp3) is 0.167. The maximum atomic E-state index is 12.3.